The van der Waals surface area contributed by atoms with E-state index in [1.165, 1.54) is 12.1 Å². The van der Waals surface area contributed by atoms with E-state index >= 15 is 0 Å². The molecular formula is C12H18N2O4S. The number of nitrogens with one attached hydrogen (secondary N) is 1. The summed E-state index contributed by atoms with van der Waals surface area (Å²) >= 11 is 0. The van der Waals surface area contributed by atoms with E-state index < -0.39 is 10.0 Å². The van der Waals surface area contributed by atoms with Crippen LogP contribution in [0.25, 0.3) is 0 Å². The van der Waals surface area contributed by atoms with E-state index in [2.05, 4.69) is 5.32 Å². The molecule has 0 aromatic heterocycles. The highest BCUT2D eigenvalue weighted by Gasteiger charge is 2.06. The number of ether oxygens (including phenoxy) is 1. The lowest BCUT2D eigenvalue weighted by Gasteiger charge is -2.06. The number of hydrogen-bond acceptors (Lipinski definition) is 4. The fourth-order valence-corrected chi connectivity index (χ4v) is 1.95. The van der Waals surface area contributed by atoms with Gasteiger partial charge in [0.1, 0.15) is 6.61 Å². The maximum Gasteiger partial charge on any atom is 0.246 e. The minimum Gasteiger partial charge on any atom is -0.372 e. The fourth-order valence-electron chi connectivity index (χ4n) is 1.44. The van der Waals surface area contributed by atoms with Crippen LogP contribution in [-0.2, 0) is 26.0 Å². The zero-order chi connectivity index (χ0) is 14.3. The summed E-state index contributed by atoms with van der Waals surface area (Å²) in [7, 11) is -3.65. The molecule has 0 unspecified atom stereocenters. The van der Waals surface area contributed by atoms with E-state index in [1.54, 1.807) is 12.1 Å². The van der Waals surface area contributed by atoms with Gasteiger partial charge in [-0.15, -0.1) is 0 Å². The molecule has 0 saturated heterocycles. The van der Waals surface area contributed by atoms with Crippen LogP contribution in [0.1, 0.15) is 12.5 Å². The summed E-state index contributed by atoms with van der Waals surface area (Å²) in [4.78, 5) is 11.3. The molecular weight excluding hydrogens is 268 g/mol. The molecule has 1 aromatic rings. The maximum atomic E-state index is 11.2. The second kappa shape index (κ2) is 7.22. The average molecular weight is 286 g/mol. The Bertz CT molecular complexity index is 511. The van der Waals surface area contributed by atoms with E-state index in [0.29, 0.717) is 19.6 Å². The first-order valence-electron chi connectivity index (χ1n) is 5.89. The van der Waals surface area contributed by atoms with Gasteiger partial charge in [0, 0.05) is 13.2 Å². The molecule has 7 heteroatoms. The largest absolute Gasteiger partial charge is 0.372 e. The number of amides is 1. The third-order valence-electron chi connectivity index (χ3n) is 2.43. The smallest absolute Gasteiger partial charge is 0.246 e. The molecule has 0 bridgehead atoms. The van der Waals surface area contributed by atoms with Crippen molar-refractivity contribution in [1.29, 1.82) is 0 Å². The van der Waals surface area contributed by atoms with Crippen molar-refractivity contribution in [2.24, 2.45) is 5.14 Å². The Labute approximate surface area is 113 Å². The molecule has 0 heterocycles. The van der Waals surface area contributed by atoms with Crippen LogP contribution in [0, 0.1) is 0 Å². The van der Waals surface area contributed by atoms with Crippen LogP contribution < -0.4 is 10.5 Å². The van der Waals surface area contributed by atoms with Crippen molar-refractivity contribution >= 4 is 15.9 Å². The Hall–Kier alpha value is -1.44. The van der Waals surface area contributed by atoms with Crippen LogP contribution in [0.4, 0.5) is 0 Å². The van der Waals surface area contributed by atoms with Crippen molar-refractivity contribution in [3.8, 4) is 0 Å². The molecule has 0 saturated carbocycles. The van der Waals surface area contributed by atoms with Gasteiger partial charge in [0.25, 0.3) is 0 Å². The van der Waals surface area contributed by atoms with Gasteiger partial charge in [-0.2, -0.15) is 0 Å². The lowest BCUT2D eigenvalue weighted by Crippen LogP contribution is -2.29. The standard InChI is InChI=1S/C12H18N2O4S/c1-2-18-9-12(15)14-8-7-10-3-5-11(6-4-10)19(13,16)17/h3-6H,2,7-9H2,1H3,(H,14,15)(H2,13,16,17). The van der Waals surface area contributed by atoms with Crippen LogP contribution in [0.3, 0.4) is 0 Å². The van der Waals surface area contributed by atoms with Gasteiger partial charge in [-0.1, -0.05) is 12.1 Å². The number of benzene rings is 1. The third-order valence-corrected chi connectivity index (χ3v) is 3.35. The first-order chi connectivity index (χ1) is 8.93. The Kier molecular flexibility index (Phi) is 5.94. The zero-order valence-corrected chi connectivity index (χ0v) is 11.6. The maximum absolute atomic E-state index is 11.2. The molecule has 0 fully saturated rings. The number of sulfonamides is 1. The highest BCUT2D eigenvalue weighted by atomic mass is 32.2. The molecule has 106 valence electrons. The molecule has 3 N–H and O–H groups in total. The molecule has 0 atom stereocenters. The SMILES string of the molecule is CCOCC(=O)NCCc1ccc(S(N)(=O)=O)cc1. The van der Waals surface area contributed by atoms with Crippen molar-refractivity contribution in [3.63, 3.8) is 0 Å². The van der Waals surface area contributed by atoms with Crippen LogP contribution in [0.15, 0.2) is 29.2 Å². The van der Waals surface area contributed by atoms with Gasteiger partial charge in [-0.25, -0.2) is 13.6 Å². The van der Waals surface area contributed by atoms with E-state index in [0.717, 1.165) is 5.56 Å². The number of rotatable bonds is 7. The highest BCUT2D eigenvalue weighted by Crippen LogP contribution is 2.08. The lowest BCUT2D eigenvalue weighted by atomic mass is 10.1. The van der Waals surface area contributed by atoms with Crippen LogP contribution >= 0.6 is 0 Å². The predicted octanol–water partition coefficient (Wildman–Crippen LogP) is 0.0292. The summed E-state index contributed by atoms with van der Waals surface area (Å²) in [5.41, 5.74) is 0.920. The molecule has 19 heavy (non-hydrogen) atoms. The number of primary sulfonamides is 1. The molecule has 1 amide bonds. The van der Waals surface area contributed by atoms with Gasteiger partial charge >= 0.3 is 0 Å². The summed E-state index contributed by atoms with van der Waals surface area (Å²) in [6, 6.07) is 6.25. The number of carbonyl (C=O) groups is 1. The van der Waals surface area contributed by atoms with Crippen molar-refractivity contribution in [3.05, 3.63) is 29.8 Å². The van der Waals surface area contributed by atoms with Gasteiger partial charge in [0.05, 0.1) is 4.90 Å². The van der Waals surface area contributed by atoms with E-state index in [4.69, 9.17) is 9.88 Å². The minimum absolute atomic E-state index is 0.0564. The number of hydrogen-bond donors (Lipinski definition) is 2. The normalized spacial score (nSPS) is 11.3. The number of carbonyl (C=O) groups excluding carboxylic acids is 1. The van der Waals surface area contributed by atoms with Crippen molar-refractivity contribution in [2.75, 3.05) is 19.8 Å². The Morgan fingerprint density at radius 1 is 1.32 bits per heavy atom. The van der Waals surface area contributed by atoms with E-state index in [-0.39, 0.29) is 17.4 Å². The van der Waals surface area contributed by atoms with Gasteiger partial charge in [0.2, 0.25) is 15.9 Å². The lowest BCUT2D eigenvalue weighted by molar-refractivity contribution is -0.125. The first-order valence-corrected chi connectivity index (χ1v) is 7.44. The van der Waals surface area contributed by atoms with Crippen LogP contribution in [-0.4, -0.2) is 34.1 Å². The predicted molar refractivity (Wildman–Crippen MR) is 71.0 cm³/mol. The molecule has 0 spiro atoms. The topological polar surface area (TPSA) is 98.5 Å². The zero-order valence-electron chi connectivity index (χ0n) is 10.8. The van der Waals surface area contributed by atoms with Crippen molar-refractivity contribution in [2.45, 2.75) is 18.2 Å². The van der Waals surface area contributed by atoms with Gasteiger partial charge in [0.15, 0.2) is 0 Å². The van der Waals surface area contributed by atoms with Crippen molar-refractivity contribution < 1.29 is 17.9 Å². The summed E-state index contributed by atoms with van der Waals surface area (Å²) in [5.74, 6) is -0.164. The quantitative estimate of drug-likeness (QED) is 0.738. The molecule has 0 aliphatic rings. The Morgan fingerprint density at radius 3 is 2.47 bits per heavy atom. The van der Waals surface area contributed by atoms with Crippen LogP contribution in [0.5, 0.6) is 0 Å². The second-order valence-electron chi connectivity index (χ2n) is 3.93. The Balaban J connectivity index is 2.40. The summed E-state index contributed by atoms with van der Waals surface area (Å²) in [6.07, 6.45) is 0.614. The molecule has 0 aliphatic carbocycles. The summed E-state index contributed by atoms with van der Waals surface area (Å²) < 4.78 is 27.1. The van der Waals surface area contributed by atoms with Gasteiger partial charge in [-0.3, -0.25) is 4.79 Å². The third kappa shape index (κ3) is 5.82. The second-order valence-corrected chi connectivity index (χ2v) is 5.49. The average Bonchev–Trinajstić information content (AvgIpc) is 2.36. The van der Waals surface area contributed by atoms with E-state index in [9.17, 15) is 13.2 Å². The monoisotopic (exact) mass is 286 g/mol. The fraction of sp³-hybridized carbons (Fsp3) is 0.417. The van der Waals surface area contributed by atoms with Crippen LogP contribution in [0.2, 0.25) is 0 Å². The Morgan fingerprint density at radius 2 is 1.95 bits per heavy atom. The molecule has 6 nitrogen and oxygen atoms in total. The van der Waals surface area contributed by atoms with Gasteiger partial charge in [-0.05, 0) is 31.0 Å². The highest BCUT2D eigenvalue weighted by molar-refractivity contribution is 7.89. The van der Waals surface area contributed by atoms with E-state index in [1.807, 2.05) is 6.92 Å². The molecule has 0 aliphatic heterocycles. The molecule has 1 rings (SSSR count). The van der Waals surface area contributed by atoms with Crippen molar-refractivity contribution in [1.82, 2.24) is 5.32 Å². The summed E-state index contributed by atoms with van der Waals surface area (Å²) in [6.45, 7) is 2.85. The van der Waals surface area contributed by atoms with Gasteiger partial charge < -0.3 is 10.1 Å². The molecule has 0 radical (unpaired) electrons. The first kappa shape index (κ1) is 15.6. The molecule has 1 aromatic carbocycles. The minimum atomic E-state index is -3.65. The number of nitrogens with two attached hydrogens (primary N) is 1. The summed E-state index contributed by atoms with van der Waals surface area (Å²) in [5, 5.41) is 7.70.